The van der Waals surface area contributed by atoms with Crippen LogP contribution >= 0.6 is 0 Å². The molecule has 6 rings (SSSR count). The Morgan fingerprint density at radius 3 is 1.78 bits per heavy atom. The van der Waals surface area contributed by atoms with Crippen LogP contribution in [0.15, 0.2) is 67.0 Å². The van der Waals surface area contributed by atoms with Crippen molar-refractivity contribution in [2.75, 3.05) is 98.2 Å². The zero-order valence-electron chi connectivity index (χ0n) is 60.5. The van der Waals surface area contributed by atoms with Crippen LogP contribution in [0.5, 0.6) is 0 Å². The summed E-state index contributed by atoms with van der Waals surface area (Å²) in [7, 11) is 0. The van der Waals surface area contributed by atoms with Gasteiger partial charge in [0.2, 0.25) is 41.7 Å². The van der Waals surface area contributed by atoms with Gasteiger partial charge in [0.05, 0.1) is 32.8 Å². The van der Waals surface area contributed by atoms with Gasteiger partial charge in [0.15, 0.2) is 0 Å². The van der Waals surface area contributed by atoms with Gasteiger partial charge in [0.1, 0.15) is 42.3 Å². The third-order valence-electron chi connectivity index (χ3n) is 18.7. The van der Waals surface area contributed by atoms with Crippen LogP contribution in [0.4, 0.5) is 4.79 Å². The second-order valence-electron chi connectivity index (χ2n) is 26.8. The van der Waals surface area contributed by atoms with Gasteiger partial charge in [0, 0.05) is 109 Å². The normalized spacial score (nSPS) is 17.9. The van der Waals surface area contributed by atoms with Crippen molar-refractivity contribution in [1.82, 2.24) is 72.4 Å². The number of fused-ring (bicyclic) bond motifs is 1. The van der Waals surface area contributed by atoms with Gasteiger partial charge >= 0.3 is 47.8 Å². The van der Waals surface area contributed by atoms with Crippen LogP contribution in [0.1, 0.15) is 113 Å². The van der Waals surface area contributed by atoms with E-state index in [1.807, 2.05) is 42.5 Å². The fourth-order valence-corrected chi connectivity index (χ4v) is 12.9. The Morgan fingerprint density at radius 2 is 1.17 bits per heavy atom. The number of esters is 2. The van der Waals surface area contributed by atoms with E-state index >= 15 is 0 Å². The molecular formula is C71H100N14O23. The number of carboxylic acids is 5. The Bertz CT molecular complexity index is 3600. The molecule has 37 nitrogen and oxygen atoms in total. The minimum absolute atomic E-state index is 0.0192. The van der Waals surface area contributed by atoms with Crippen molar-refractivity contribution in [3.05, 3.63) is 78.1 Å². The summed E-state index contributed by atoms with van der Waals surface area (Å²) in [6.07, 6.45) is 3.59. The van der Waals surface area contributed by atoms with E-state index in [4.69, 9.17) is 14.6 Å². The van der Waals surface area contributed by atoms with Crippen molar-refractivity contribution in [2.45, 2.75) is 152 Å². The maximum atomic E-state index is 13.9. The fourth-order valence-electron chi connectivity index (χ4n) is 12.9. The molecule has 37 heteroatoms. The summed E-state index contributed by atoms with van der Waals surface area (Å²) in [5.74, 6) is -12.6. The average Bonchev–Trinajstić information content (AvgIpc) is 1.73. The molecule has 3 fully saturated rings. The molecule has 0 radical (unpaired) electrons. The quantitative estimate of drug-likeness (QED) is 0.0169. The first-order valence-corrected chi connectivity index (χ1v) is 36.1. The molecule has 1 unspecified atom stereocenters. The van der Waals surface area contributed by atoms with Crippen LogP contribution in [-0.2, 0) is 78.2 Å². The lowest BCUT2D eigenvalue weighted by Gasteiger charge is -2.30. The first-order chi connectivity index (χ1) is 51.6. The number of ether oxygens (including phenoxy) is 2. The lowest BCUT2D eigenvalue weighted by Crippen LogP contribution is -2.58. The molecule has 3 heterocycles. The number of nitrogens with zero attached hydrogens (tertiary/aromatic N) is 5. The van der Waals surface area contributed by atoms with E-state index < -0.39 is 151 Å². The smallest absolute Gasteiger partial charge is 0.331 e. The number of nitrogens with one attached hydrogen (secondary N) is 9. The number of aliphatic carboxylic acids is 5. The summed E-state index contributed by atoms with van der Waals surface area (Å²) < 4.78 is 10.5. The summed E-state index contributed by atoms with van der Waals surface area (Å²) in [6.45, 7) is 2.62. The Morgan fingerprint density at radius 1 is 0.574 bits per heavy atom. The number of unbranched alkanes of at least 4 members (excludes halogenated alkanes) is 1. The lowest BCUT2D eigenvalue weighted by molar-refractivity contribution is -0.188. The molecule has 0 bridgehead atoms. The van der Waals surface area contributed by atoms with Crippen molar-refractivity contribution in [3.8, 4) is 0 Å². The molecule has 1 aliphatic carbocycles. The number of likely N-dealkylation sites (tertiary alicyclic amines) is 2. The lowest BCUT2D eigenvalue weighted by atomic mass is 9.81. The zero-order chi connectivity index (χ0) is 78.8. The van der Waals surface area contributed by atoms with Gasteiger partial charge in [-0.05, 0) is 118 Å². The van der Waals surface area contributed by atoms with Gasteiger partial charge in [-0.15, -0.1) is 0 Å². The number of aliphatic hydroxyl groups is 1. The highest BCUT2D eigenvalue weighted by Crippen LogP contribution is 2.29. The highest BCUT2D eigenvalue weighted by Gasteiger charge is 2.42. The molecule has 1 aromatic heterocycles. The summed E-state index contributed by atoms with van der Waals surface area (Å²) in [5.41, 5.74) is 1.03. The summed E-state index contributed by atoms with van der Waals surface area (Å²) in [6, 6.07) is 5.91. The Kier molecular flexibility index (Phi) is 35.7. The molecule has 9 amide bonds. The number of amides is 9. The largest absolute Gasteiger partial charge is 0.480 e. The van der Waals surface area contributed by atoms with Crippen LogP contribution in [0.25, 0.3) is 10.8 Å². The number of rotatable bonds is 46. The molecule has 2 aromatic carbocycles. The van der Waals surface area contributed by atoms with Crippen LogP contribution in [-0.4, -0.2) is 291 Å². The average molecular weight is 1520 g/mol. The standard InChI is InChI=1S/C71H100N14O23/c1-43(77-62(95)49-22-25-72-26-23-49)66(99)84-29-7-12-55(84)65(98)79-54(42-86)67(100)85-30-8-13-56(85)70(105)108-44(2)107-61(94)21-20-52(69(103)104)81-71(106)80-51(68(101)102)11-5-6-24-75-64(97)53(36-46-16-17-47-9-3-4-10-50(47)35-46)78-63(96)48-18-14-45(15-19-48)37-76-57(87)38-73-27-31-82(40-59(90)91)33-34-83(41-60(92)93)32-28-74-39-58(88)89/h3-4,9-10,16-17,22-23,25-26,35,43-45,48,51-56,73-74,86H,5-8,11-15,18-21,24,27-34,36-42H2,1-2H3,(H,75,97)(H,76,87)(H,77,95)(H,78,96)(H,79,98)(H,88,89)(H,90,91)(H,92,93)(H,101,102)(H,103,104)(H2,80,81,106)/t43-,44?,45?,48?,51+,52+,53+,54+,55+,56+/m1/s1. The van der Waals surface area contributed by atoms with Gasteiger partial charge in [-0.3, -0.25) is 67.5 Å². The highest BCUT2D eigenvalue weighted by atomic mass is 16.7. The first-order valence-electron chi connectivity index (χ1n) is 36.1. The number of hydrogen-bond donors (Lipinski definition) is 15. The maximum Gasteiger partial charge on any atom is 0.331 e. The molecule has 1 saturated carbocycles. The number of hydrogen-bond acceptors (Lipinski definition) is 23. The number of aromatic nitrogens is 1. The van der Waals surface area contributed by atoms with E-state index in [1.54, 1.807) is 9.80 Å². The molecule has 0 spiro atoms. The summed E-state index contributed by atoms with van der Waals surface area (Å²) in [4.78, 5) is 201. The Hall–Kier alpha value is -10.5. The van der Waals surface area contributed by atoms with Crippen molar-refractivity contribution < 1.29 is 112 Å². The number of aliphatic hydroxyl groups excluding tert-OH is 1. The van der Waals surface area contributed by atoms with Crippen molar-refractivity contribution in [2.24, 2.45) is 11.8 Å². The maximum absolute atomic E-state index is 13.9. The zero-order valence-corrected chi connectivity index (χ0v) is 60.5. The first kappa shape index (κ1) is 86.4. The summed E-state index contributed by atoms with van der Waals surface area (Å²) >= 11 is 0. The minimum Gasteiger partial charge on any atom is -0.480 e. The van der Waals surface area contributed by atoms with Crippen molar-refractivity contribution in [3.63, 3.8) is 0 Å². The Balaban J connectivity index is 0.896. The van der Waals surface area contributed by atoms with Crippen LogP contribution in [0.2, 0.25) is 0 Å². The highest BCUT2D eigenvalue weighted by molar-refractivity contribution is 5.99. The third kappa shape index (κ3) is 29.3. The molecule has 3 aromatic rings. The predicted molar refractivity (Wildman–Crippen MR) is 381 cm³/mol. The fraction of sp³-hybridized carbons (Fsp3) is 0.577. The second kappa shape index (κ2) is 44.6. The molecule has 3 aliphatic rings. The Labute approximate surface area is 622 Å². The number of urea groups is 1. The van der Waals surface area contributed by atoms with E-state index in [0.717, 1.165) is 21.2 Å². The molecular weight excluding hydrogens is 1420 g/mol. The number of carbonyl (C=O) groups excluding carboxylic acids is 10. The molecule has 108 heavy (non-hydrogen) atoms. The van der Waals surface area contributed by atoms with E-state index in [-0.39, 0.29) is 147 Å². The minimum atomic E-state index is -1.74. The predicted octanol–water partition coefficient (Wildman–Crippen LogP) is -1.80. The SMILES string of the molecule is CC(OC(=O)CC[C@H](NC(=O)N[C@@H](CCCCNC(=O)[C@H](Cc1ccc2ccccc2c1)NC(=O)C1CCC(CNC(=O)CNCCN(CCN(CCNCC(=O)O)CC(=O)O)CC(=O)O)CC1)C(=O)O)C(=O)O)OC(=O)[C@@H]1CCCN1C(=O)[C@H](CO)NC(=O)[C@@H]1CCCN1C(=O)[C@@H](C)NC(=O)c1ccncc1. The van der Waals surface area contributed by atoms with Gasteiger partial charge in [-0.2, -0.15) is 0 Å². The molecule has 15 N–H and O–H groups in total. The number of pyridine rings is 1. The van der Waals surface area contributed by atoms with Crippen LogP contribution < -0.4 is 47.9 Å². The van der Waals surface area contributed by atoms with Gasteiger partial charge in [0.25, 0.3) is 5.91 Å². The van der Waals surface area contributed by atoms with E-state index in [2.05, 4.69) is 52.8 Å². The van der Waals surface area contributed by atoms with E-state index in [0.29, 0.717) is 45.1 Å². The van der Waals surface area contributed by atoms with Gasteiger partial charge in [-0.1, -0.05) is 42.5 Å². The number of benzene rings is 2. The second-order valence-corrected chi connectivity index (χ2v) is 26.8. The van der Waals surface area contributed by atoms with E-state index in [1.165, 1.54) is 43.3 Å². The molecule has 2 aliphatic heterocycles. The van der Waals surface area contributed by atoms with Crippen LogP contribution in [0, 0.1) is 11.8 Å². The van der Waals surface area contributed by atoms with Gasteiger partial charge < -0.3 is 97.8 Å². The van der Waals surface area contributed by atoms with Crippen LogP contribution in [0.3, 0.4) is 0 Å². The topological polar surface area (TPSA) is 530 Å². The van der Waals surface area contributed by atoms with Crippen molar-refractivity contribution in [1.29, 1.82) is 0 Å². The van der Waals surface area contributed by atoms with Gasteiger partial charge in [-0.25, -0.2) is 19.2 Å². The molecule has 2 saturated heterocycles. The van der Waals surface area contributed by atoms with E-state index in [9.17, 15) is 97.5 Å². The molecule has 8 atom stereocenters. The van der Waals surface area contributed by atoms with Crippen molar-refractivity contribution >= 4 is 99.9 Å². The monoisotopic (exact) mass is 1520 g/mol. The number of carboxylic acid groups (broad SMARTS) is 5. The molecule has 592 valence electrons. The third-order valence-corrected chi connectivity index (χ3v) is 18.7. The summed E-state index contributed by atoms with van der Waals surface area (Å²) in [5, 5.41) is 83.5. The number of carbonyl (C=O) groups is 15.